The van der Waals surface area contributed by atoms with E-state index in [0.717, 1.165) is 13.9 Å². The Kier molecular flexibility index (Phi) is 5.57. The Bertz CT molecular complexity index is 943. The summed E-state index contributed by atoms with van der Waals surface area (Å²) in [5, 5.41) is 6.46. The molecule has 0 atom stereocenters. The number of benzene rings is 2. The number of halogens is 2. The first kappa shape index (κ1) is 17.0. The smallest absolute Gasteiger partial charge is 0.206 e. The van der Waals surface area contributed by atoms with Crippen molar-refractivity contribution >= 4 is 40.1 Å². The lowest BCUT2D eigenvalue weighted by molar-refractivity contribution is 0.629. The maximum atomic E-state index is 14.2. The Labute approximate surface area is 157 Å². The predicted octanol–water partition coefficient (Wildman–Crippen LogP) is 4.76. The van der Waals surface area contributed by atoms with Crippen molar-refractivity contribution in [3.05, 3.63) is 73.7 Å². The fourth-order valence-corrected chi connectivity index (χ4v) is 3.63. The van der Waals surface area contributed by atoms with Gasteiger partial charge in [0.1, 0.15) is 5.82 Å². The van der Waals surface area contributed by atoms with E-state index in [1.165, 1.54) is 17.4 Å². The molecule has 0 saturated heterocycles. The number of rotatable bonds is 4. The van der Waals surface area contributed by atoms with Gasteiger partial charge in [-0.25, -0.2) is 9.07 Å². The summed E-state index contributed by atoms with van der Waals surface area (Å²) in [5.74, 6) is -0.267. The maximum absolute atomic E-state index is 14.2. The van der Waals surface area contributed by atoms with Crippen molar-refractivity contribution in [3.8, 4) is 11.3 Å². The standard InChI is InChI=1S/C18H15FIN3S/c1-2-21-18-23(22-11-13-7-3-6-10-16(13)20)17(12-24-18)14-8-4-5-9-15(14)19/h3-12H,2H2,1H3. The molecule has 0 unspecified atom stereocenters. The van der Waals surface area contributed by atoms with Crippen LogP contribution >= 0.6 is 33.9 Å². The Balaban J connectivity index is 2.12. The average molecular weight is 451 g/mol. The largest absolute Gasteiger partial charge is 0.258 e. The topological polar surface area (TPSA) is 29.6 Å². The van der Waals surface area contributed by atoms with Crippen molar-refractivity contribution in [2.45, 2.75) is 6.92 Å². The third-order valence-electron chi connectivity index (χ3n) is 3.35. The fourth-order valence-electron chi connectivity index (χ4n) is 2.21. The number of nitrogens with zero attached hydrogens (tertiary/aromatic N) is 3. The Hall–Kier alpha value is -1.80. The molecule has 3 rings (SSSR count). The van der Waals surface area contributed by atoms with E-state index in [-0.39, 0.29) is 5.82 Å². The summed E-state index contributed by atoms with van der Waals surface area (Å²) in [5.41, 5.74) is 2.23. The third kappa shape index (κ3) is 3.64. The van der Waals surface area contributed by atoms with Gasteiger partial charge in [-0.1, -0.05) is 30.3 Å². The van der Waals surface area contributed by atoms with Crippen molar-refractivity contribution in [1.29, 1.82) is 0 Å². The summed E-state index contributed by atoms with van der Waals surface area (Å²) in [6, 6.07) is 14.7. The van der Waals surface area contributed by atoms with Crippen LogP contribution in [0.15, 0.2) is 64.0 Å². The number of thiazole rings is 1. The second-order valence-electron chi connectivity index (χ2n) is 4.94. The molecule has 0 aliphatic carbocycles. The first-order chi connectivity index (χ1) is 11.7. The Morgan fingerprint density at radius 3 is 2.67 bits per heavy atom. The molecule has 2 aromatic carbocycles. The van der Waals surface area contributed by atoms with Crippen LogP contribution < -0.4 is 4.80 Å². The van der Waals surface area contributed by atoms with Gasteiger partial charge in [-0.05, 0) is 47.7 Å². The van der Waals surface area contributed by atoms with Gasteiger partial charge in [0, 0.05) is 26.6 Å². The molecule has 3 nitrogen and oxygen atoms in total. The highest BCUT2D eigenvalue weighted by Crippen LogP contribution is 2.23. The molecule has 0 aliphatic heterocycles. The Morgan fingerprint density at radius 2 is 1.92 bits per heavy atom. The van der Waals surface area contributed by atoms with Gasteiger partial charge >= 0.3 is 0 Å². The molecule has 1 heterocycles. The quantitative estimate of drug-likeness (QED) is 0.405. The second kappa shape index (κ2) is 7.85. The average Bonchev–Trinajstić information content (AvgIpc) is 2.97. The summed E-state index contributed by atoms with van der Waals surface area (Å²) in [7, 11) is 0. The minimum Gasteiger partial charge on any atom is -0.258 e. The van der Waals surface area contributed by atoms with E-state index in [1.54, 1.807) is 23.0 Å². The molecule has 3 aromatic rings. The second-order valence-corrected chi connectivity index (χ2v) is 6.93. The van der Waals surface area contributed by atoms with Crippen molar-refractivity contribution in [1.82, 2.24) is 4.68 Å². The molecule has 0 radical (unpaired) electrons. The molecule has 0 spiro atoms. The zero-order valence-electron chi connectivity index (χ0n) is 13.0. The summed E-state index contributed by atoms with van der Waals surface area (Å²) >= 11 is 3.73. The summed E-state index contributed by atoms with van der Waals surface area (Å²) < 4.78 is 17.0. The van der Waals surface area contributed by atoms with Crippen molar-refractivity contribution in [2.75, 3.05) is 6.54 Å². The highest BCUT2D eigenvalue weighted by atomic mass is 127. The molecule has 24 heavy (non-hydrogen) atoms. The van der Waals surface area contributed by atoms with Gasteiger partial charge in [-0.2, -0.15) is 5.10 Å². The molecule has 122 valence electrons. The van der Waals surface area contributed by atoms with Crippen LogP contribution in [-0.2, 0) is 0 Å². The van der Waals surface area contributed by atoms with E-state index in [4.69, 9.17) is 0 Å². The van der Waals surface area contributed by atoms with E-state index in [0.29, 0.717) is 17.8 Å². The molecule has 0 bridgehead atoms. The summed E-state index contributed by atoms with van der Waals surface area (Å²) in [6.45, 7) is 2.62. The molecule has 0 saturated carbocycles. The van der Waals surface area contributed by atoms with E-state index < -0.39 is 0 Å². The molecule has 0 fully saturated rings. The van der Waals surface area contributed by atoms with Gasteiger partial charge in [0.15, 0.2) is 0 Å². The molecule has 0 aliphatic rings. The molecule has 0 amide bonds. The minimum absolute atomic E-state index is 0.267. The van der Waals surface area contributed by atoms with E-state index >= 15 is 0 Å². The lowest BCUT2D eigenvalue weighted by Crippen LogP contribution is -2.12. The maximum Gasteiger partial charge on any atom is 0.206 e. The number of hydrogen-bond acceptors (Lipinski definition) is 3. The van der Waals surface area contributed by atoms with Crippen LogP contribution in [0.4, 0.5) is 4.39 Å². The molecule has 6 heteroatoms. The van der Waals surface area contributed by atoms with Crippen LogP contribution in [0.5, 0.6) is 0 Å². The normalized spacial score (nSPS) is 12.2. The van der Waals surface area contributed by atoms with E-state index in [9.17, 15) is 4.39 Å². The van der Waals surface area contributed by atoms with E-state index in [2.05, 4.69) is 32.7 Å². The van der Waals surface area contributed by atoms with Crippen LogP contribution in [0.3, 0.4) is 0 Å². The van der Waals surface area contributed by atoms with Gasteiger partial charge in [0.05, 0.1) is 11.9 Å². The predicted molar refractivity (Wildman–Crippen MR) is 106 cm³/mol. The zero-order valence-corrected chi connectivity index (χ0v) is 16.0. The zero-order chi connectivity index (χ0) is 16.9. The van der Waals surface area contributed by atoms with Crippen molar-refractivity contribution in [2.24, 2.45) is 10.1 Å². The monoisotopic (exact) mass is 451 g/mol. The van der Waals surface area contributed by atoms with Gasteiger partial charge in [0.2, 0.25) is 4.80 Å². The molecule has 0 N–H and O–H groups in total. The lowest BCUT2D eigenvalue weighted by Gasteiger charge is -2.05. The van der Waals surface area contributed by atoms with Crippen molar-refractivity contribution in [3.63, 3.8) is 0 Å². The van der Waals surface area contributed by atoms with Crippen molar-refractivity contribution < 1.29 is 4.39 Å². The van der Waals surface area contributed by atoms with Crippen LogP contribution in [0.2, 0.25) is 0 Å². The Morgan fingerprint density at radius 1 is 1.17 bits per heavy atom. The third-order valence-corrected chi connectivity index (χ3v) is 5.18. The highest BCUT2D eigenvalue weighted by Gasteiger charge is 2.11. The molecule has 1 aromatic heterocycles. The first-order valence-corrected chi connectivity index (χ1v) is 9.41. The summed E-state index contributed by atoms with van der Waals surface area (Å²) in [4.78, 5) is 5.21. The van der Waals surface area contributed by atoms with E-state index in [1.807, 2.05) is 42.6 Å². The van der Waals surface area contributed by atoms with Gasteiger partial charge in [0.25, 0.3) is 0 Å². The van der Waals surface area contributed by atoms with Crippen LogP contribution in [0, 0.1) is 9.39 Å². The number of hydrogen-bond donors (Lipinski definition) is 0. The van der Waals surface area contributed by atoms with Gasteiger partial charge in [-0.3, -0.25) is 4.99 Å². The highest BCUT2D eigenvalue weighted by molar-refractivity contribution is 14.1. The molecular weight excluding hydrogens is 436 g/mol. The minimum atomic E-state index is -0.267. The lowest BCUT2D eigenvalue weighted by atomic mass is 10.1. The van der Waals surface area contributed by atoms with Crippen LogP contribution in [-0.4, -0.2) is 17.4 Å². The van der Waals surface area contributed by atoms with Gasteiger partial charge < -0.3 is 0 Å². The molecular formula is C18H15FIN3S. The van der Waals surface area contributed by atoms with Crippen LogP contribution in [0.1, 0.15) is 12.5 Å². The number of aromatic nitrogens is 1. The summed E-state index contributed by atoms with van der Waals surface area (Å²) in [6.07, 6.45) is 1.79. The fraction of sp³-hybridized carbons (Fsp3) is 0.111. The van der Waals surface area contributed by atoms with Crippen LogP contribution in [0.25, 0.3) is 11.3 Å². The SMILES string of the molecule is CCN=c1scc(-c2ccccc2F)n1N=Cc1ccccc1I. The first-order valence-electron chi connectivity index (χ1n) is 7.45. The van der Waals surface area contributed by atoms with Gasteiger partial charge in [-0.15, -0.1) is 11.3 Å².